The molecule has 22 heavy (non-hydrogen) atoms. The molecule has 0 aliphatic carbocycles. The second-order valence-electron chi connectivity index (χ2n) is 5.77. The maximum absolute atomic E-state index is 12.0. The molecule has 0 saturated carbocycles. The summed E-state index contributed by atoms with van der Waals surface area (Å²) in [6.07, 6.45) is 2.03. The zero-order chi connectivity index (χ0) is 15.9. The van der Waals surface area contributed by atoms with Gasteiger partial charge in [0.05, 0.1) is 12.2 Å². The highest BCUT2D eigenvalue weighted by molar-refractivity contribution is 5.91. The van der Waals surface area contributed by atoms with Crippen LogP contribution >= 0.6 is 0 Å². The minimum Gasteiger partial charge on any atom is -0.452 e. The van der Waals surface area contributed by atoms with E-state index in [-0.39, 0.29) is 12.5 Å². The van der Waals surface area contributed by atoms with Crippen molar-refractivity contribution in [2.24, 2.45) is 5.92 Å². The van der Waals surface area contributed by atoms with Gasteiger partial charge in [-0.2, -0.15) is 0 Å². The monoisotopic (exact) mass is 305 g/mol. The number of hydrogen-bond donors (Lipinski definition) is 0. The number of hydrogen-bond acceptors (Lipinski definition) is 4. The highest BCUT2D eigenvalue weighted by Gasteiger charge is 2.21. The molecule has 1 fully saturated rings. The van der Waals surface area contributed by atoms with E-state index in [1.807, 2.05) is 6.07 Å². The van der Waals surface area contributed by atoms with Crippen molar-refractivity contribution >= 4 is 11.9 Å². The number of rotatable bonds is 5. The molecule has 120 valence electrons. The Hall–Kier alpha value is -1.88. The van der Waals surface area contributed by atoms with Crippen LogP contribution in [0.4, 0.5) is 0 Å². The summed E-state index contributed by atoms with van der Waals surface area (Å²) in [5.74, 6) is 0.0695. The van der Waals surface area contributed by atoms with Crippen molar-refractivity contribution in [3.63, 3.8) is 0 Å². The third-order valence-electron chi connectivity index (χ3n) is 3.94. The molecule has 0 aromatic heterocycles. The van der Waals surface area contributed by atoms with Gasteiger partial charge < -0.3 is 14.4 Å². The lowest BCUT2D eigenvalue weighted by atomic mass is 9.99. The first-order valence-electron chi connectivity index (χ1n) is 7.63. The summed E-state index contributed by atoms with van der Waals surface area (Å²) < 4.78 is 10.2. The molecule has 1 aromatic carbocycles. The molecule has 1 aliphatic heterocycles. The van der Waals surface area contributed by atoms with E-state index >= 15 is 0 Å². The molecule has 0 unspecified atom stereocenters. The van der Waals surface area contributed by atoms with Crippen LogP contribution in [0.15, 0.2) is 24.3 Å². The molecule has 5 nitrogen and oxygen atoms in total. The number of benzene rings is 1. The van der Waals surface area contributed by atoms with Crippen LogP contribution in [0.5, 0.6) is 0 Å². The van der Waals surface area contributed by atoms with Crippen molar-refractivity contribution in [2.45, 2.75) is 26.4 Å². The summed E-state index contributed by atoms with van der Waals surface area (Å²) in [6.45, 7) is 3.93. The summed E-state index contributed by atoms with van der Waals surface area (Å²) in [5, 5.41) is 0. The summed E-state index contributed by atoms with van der Waals surface area (Å²) in [6, 6.07) is 7.05. The van der Waals surface area contributed by atoms with Gasteiger partial charge >= 0.3 is 5.97 Å². The highest BCUT2D eigenvalue weighted by atomic mass is 16.5. The first-order chi connectivity index (χ1) is 10.6. The second kappa shape index (κ2) is 7.94. The Morgan fingerprint density at radius 2 is 2.00 bits per heavy atom. The topological polar surface area (TPSA) is 55.8 Å². The number of amides is 1. The van der Waals surface area contributed by atoms with Gasteiger partial charge in [-0.1, -0.05) is 19.1 Å². The van der Waals surface area contributed by atoms with Crippen LogP contribution < -0.4 is 0 Å². The van der Waals surface area contributed by atoms with E-state index in [1.54, 1.807) is 30.2 Å². The van der Waals surface area contributed by atoms with E-state index in [1.165, 1.54) is 0 Å². The van der Waals surface area contributed by atoms with Crippen LogP contribution in [-0.4, -0.2) is 43.6 Å². The summed E-state index contributed by atoms with van der Waals surface area (Å²) in [7, 11) is 1.60. The number of likely N-dealkylation sites (tertiary alicyclic amines) is 1. The molecule has 1 heterocycles. The third kappa shape index (κ3) is 4.56. The normalized spacial score (nSPS) is 15.6. The summed E-state index contributed by atoms with van der Waals surface area (Å²) >= 11 is 0. The number of carbonyl (C=O) groups is 2. The van der Waals surface area contributed by atoms with Gasteiger partial charge in [0.1, 0.15) is 0 Å². The van der Waals surface area contributed by atoms with Gasteiger partial charge in [0.2, 0.25) is 0 Å². The van der Waals surface area contributed by atoms with Gasteiger partial charge in [-0.15, -0.1) is 0 Å². The number of piperidine rings is 1. The smallest absolute Gasteiger partial charge is 0.338 e. The Kier molecular flexibility index (Phi) is 5.95. The van der Waals surface area contributed by atoms with Crippen molar-refractivity contribution in [3.8, 4) is 0 Å². The molecule has 1 aliphatic rings. The average Bonchev–Trinajstić information content (AvgIpc) is 2.53. The Morgan fingerprint density at radius 1 is 1.27 bits per heavy atom. The fourth-order valence-electron chi connectivity index (χ4n) is 2.51. The van der Waals surface area contributed by atoms with E-state index in [0.717, 1.165) is 31.5 Å². The Balaban J connectivity index is 1.84. The van der Waals surface area contributed by atoms with Crippen LogP contribution in [0, 0.1) is 5.92 Å². The van der Waals surface area contributed by atoms with Crippen LogP contribution in [-0.2, 0) is 20.9 Å². The summed E-state index contributed by atoms with van der Waals surface area (Å²) in [4.78, 5) is 25.8. The van der Waals surface area contributed by atoms with Crippen LogP contribution in [0.2, 0.25) is 0 Å². The van der Waals surface area contributed by atoms with Gasteiger partial charge in [-0.05, 0) is 36.5 Å². The lowest BCUT2D eigenvalue weighted by Gasteiger charge is -2.30. The Labute approximate surface area is 131 Å². The van der Waals surface area contributed by atoms with Crippen LogP contribution in [0.25, 0.3) is 0 Å². The zero-order valence-corrected chi connectivity index (χ0v) is 13.2. The van der Waals surface area contributed by atoms with E-state index in [9.17, 15) is 9.59 Å². The minimum atomic E-state index is -0.475. The van der Waals surface area contributed by atoms with Crippen molar-refractivity contribution in [1.82, 2.24) is 4.90 Å². The highest BCUT2D eigenvalue weighted by Crippen LogP contribution is 2.16. The van der Waals surface area contributed by atoms with E-state index in [4.69, 9.17) is 9.47 Å². The molecule has 5 heteroatoms. The molecule has 2 rings (SSSR count). The number of nitrogens with zero attached hydrogens (tertiary/aromatic N) is 1. The average molecular weight is 305 g/mol. The predicted molar refractivity (Wildman–Crippen MR) is 82.4 cm³/mol. The largest absolute Gasteiger partial charge is 0.452 e. The molecule has 0 atom stereocenters. The van der Waals surface area contributed by atoms with E-state index in [2.05, 4.69) is 6.92 Å². The molecule has 0 bridgehead atoms. The first kappa shape index (κ1) is 16.5. The molecule has 0 N–H and O–H groups in total. The molecule has 0 spiro atoms. The van der Waals surface area contributed by atoms with Gasteiger partial charge in [0, 0.05) is 20.2 Å². The van der Waals surface area contributed by atoms with Crippen LogP contribution in [0.1, 0.15) is 35.7 Å². The Bertz CT molecular complexity index is 521. The van der Waals surface area contributed by atoms with Crippen molar-refractivity contribution in [1.29, 1.82) is 0 Å². The minimum absolute atomic E-state index is 0.117. The third-order valence-corrected chi connectivity index (χ3v) is 3.94. The SMILES string of the molecule is COCc1cccc(C(=O)OCC(=O)N2CCC(C)CC2)c1. The number of ether oxygens (including phenoxy) is 2. The number of carbonyl (C=O) groups excluding carboxylic acids is 2. The maximum Gasteiger partial charge on any atom is 0.338 e. The number of methoxy groups -OCH3 is 1. The van der Waals surface area contributed by atoms with Crippen molar-refractivity contribution in [3.05, 3.63) is 35.4 Å². The molecule has 1 aromatic rings. The van der Waals surface area contributed by atoms with Gasteiger partial charge in [-0.3, -0.25) is 4.79 Å². The molecule has 1 saturated heterocycles. The molecule has 0 radical (unpaired) electrons. The van der Waals surface area contributed by atoms with Gasteiger partial charge in [0.15, 0.2) is 6.61 Å². The van der Waals surface area contributed by atoms with E-state index in [0.29, 0.717) is 18.1 Å². The number of esters is 1. The maximum atomic E-state index is 12.0. The van der Waals surface area contributed by atoms with Gasteiger partial charge in [0.25, 0.3) is 5.91 Å². The van der Waals surface area contributed by atoms with Crippen molar-refractivity contribution < 1.29 is 19.1 Å². The molecular weight excluding hydrogens is 282 g/mol. The predicted octanol–water partition coefficient (Wildman–Crippen LogP) is 2.25. The standard InChI is InChI=1S/C17H23NO4/c1-13-6-8-18(9-7-13)16(19)12-22-17(20)15-5-3-4-14(10-15)11-21-2/h3-5,10,13H,6-9,11-12H2,1-2H3. The quantitative estimate of drug-likeness (QED) is 0.783. The lowest BCUT2D eigenvalue weighted by molar-refractivity contribution is -0.135. The van der Waals surface area contributed by atoms with Crippen molar-refractivity contribution in [2.75, 3.05) is 26.8 Å². The molecular formula is C17H23NO4. The lowest BCUT2D eigenvalue weighted by Crippen LogP contribution is -2.40. The zero-order valence-electron chi connectivity index (χ0n) is 13.2. The van der Waals surface area contributed by atoms with Crippen LogP contribution in [0.3, 0.4) is 0 Å². The molecule has 1 amide bonds. The second-order valence-corrected chi connectivity index (χ2v) is 5.77. The first-order valence-corrected chi connectivity index (χ1v) is 7.63. The van der Waals surface area contributed by atoms with E-state index < -0.39 is 5.97 Å². The fourth-order valence-corrected chi connectivity index (χ4v) is 2.51. The van der Waals surface area contributed by atoms with Gasteiger partial charge in [-0.25, -0.2) is 4.79 Å². The Morgan fingerprint density at radius 3 is 2.68 bits per heavy atom. The fraction of sp³-hybridized carbons (Fsp3) is 0.529. The summed E-state index contributed by atoms with van der Waals surface area (Å²) in [5.41, 5.74) is 1.34.